The van der Waals surface area contributed by atoms with Crippen LogP contribution in [-0.4, -0.2) is 64.0 Å². The number of sulfone groups is 1. The van der Waals surface area contributed by atoms with E-state index in [1.807, 2.05) is 0 Å². The molecule has 1 aromatic heterocycles. The van der Waals surface area contributed by atoms with Gasteiger partial charge in [0.15, 0.2) is 9.84 Å². The van der Waals surface area contributed by atoms with E-state index in [1.165, 1.54) is 16.9 Å². The highest BCUT2D eigenvalue weighted by Gasteiger charge is 2.24. The molecule has 0 saturated carbocycles. The minimum absolute atomic E-state index is 0.0321. The van der Waals surface area contributed by atoms with Crippen LogP contribution in [0.2, 0.25) is 0 Å². The summed E-state index contributed by atoms with van der Waals surface area (Å²) >= 11 is 0. The van der Waals surface area contributed by atoms with Gasteiger partial charge in [0.25, 0.3) is 0 Å². The van der Waals surface area contributed by atoms with Crippen LogP contribution in [-0.2, 0) is 21.2 Å². The summed E-state index contributed by atoms with van der Waals surface area (Å²) in [5.74, 6) is 0.0657. The van der Waals surface area contributed by atoms with Crippen molar-refractivity contribution < 1.29 is 17.6 Å². The number of aromatic nitrogens is 4. The number of aryl methyl sites for hydroxylation is 1. The van der Waals surface area contributed by atoms with Gasteiger partial charge in [-0.25, -0.2) is 12.8 Å². The topological polar surface area (TPSA) is 98.1 Å². The molecule has 0 unspecified atom stereocenters. The van der Waals surface area contributed by atoms with Crippen molar-refractivity contribution in [2.24, 2.45) is 0 Å². The van der Waals surface area contributed by atoms with E-state index in [0.29, 0.717) is 30.8 Å². The Labute approximate surface area is 144 Å². The van der Waals surface area contributed by atoms with Gasteiger partial charge in [-0.05, 0) is 35.9 Å². The maximum Gasteiger partial charge on any atom is 0.222 e. The zero-order valence-electron chi connectivity index (χ0n) is 13.5. The van der Waals surface area contributed by atoms with Crippen molar-refractivity contribution in [2.75, 3.05) is 24.6 Å². The van der Waals surface area contributed by atoms with Gasteiger partial charge in [-0.15, -0.1) is 10.2 Å². The Morgan fingerprint density at radius 2 is 1.84 bits per heavy atom. The van der Waals surface area contributed by atoms with Crippen LogP contribution in [0.15, 0.2) is 24.3 Å². The predicted molar refractivity (Wildman–Crippen MR) is 87.7 cm³/mol. The van der Waals surface area contributed by atoms with Crippen LogP contribution in [0.25, 0.3) is 11.4 Å². The van der Waals surface area contributed by atoms with Gasteiger partial charge in [-0.1, -0.05) is 0 Å². The third-order valence-electron chi connectivity index (χ3n) is 4.00. The second-order valence-corrected chi connectivity index (χ2v) is 8.16. The number of benzene rings is 1. The minimum atomic E-state index is -2.99. The third kappa shape index (κ3) is 4.59. The molecule has 10 heteroatoms. The zero-order chi connectivity index (χ0) is 17.9. The minimum Gasteiger partial charge on any atom is -0.341 e. The molecule has 3 rings (SSSR count). The Morgan fingerprint density at radius 3 is 2.52 bits per heavy atom. The Bertz CT molecular complexity index is 836. The predicted octanol–water partition coefficient (Wildman–Crippen LogP) is 0.516. The second-order valence-electron chi connectivity index (χ2n) is 5.85. The number of carbonyl (C=O) groups is 1. The molecule has 0 atom stereocenters. The number of amides is 1. The van der Waals surface area contributed by atoms with Crippen molar-refractivity contribution in [3.63, 3.8) is 0 Å². The van der Waals surface area contributed by atoms with Gasteiger partial charge in [0, 0.05) is 25.1 Å². The van der Waals surface area contributed by atoms with Crippen molar-refractivity contribution in [3.05, 3.63) is 30.1 Å². The lowest BCUT2D eigenvalue weighted by molar-refractivity contribution is -0.131. The number of hydrogen-bond acceptors (Lipinski definition) is 6. The fourth-order valence-electron chi connectivity index (χ4n) is 2.54. The molecule has 2 heterocycles. The molecule has 1 saturated heterocycles. The molecule has 0 bridgehead atoms. The summed E-state index contributed by atoms with van der Waals surface area (Å²) in [6.45, 7) is 0.945. The van der Waals surface area contributed by atoms with Crippen LogP contribution in [0.1, 0.15) is 12.8 Å². The average Bonchev–Trinajstić information content (AvgIpc) is 3.04. The van der Waals surface area contributed by atoms with Crippen molar-refractivity contribution in [3.8, 4) is 11.4 Å². The molecule has 0 spiro atoms. The van der Waals surface area contributed by atoms with E-state index >= 15 is 0 Å². The van der Waals surface area contributed by atoms with Crippen LogP contribution in [0.5, 0.6) is 0 Å². The highest BCUT2D eigenvalue weighted by Crippen LogP contribution is 2.14. The lowest BCUT2D eigenvalue weighted by Gasteiger charge is -2.26. The third-order valence-corrected chi connectivity index (χ3v) is 5.61. The molecular weight excluding hydrogens is 349 g/mol. The average molecular weight is 367 g/mol. The molecule has 1 aliphatic rings. The zero-order valence-corrected chi connectivity index (χ0v) is 14.3. The van der Waals surface area contributed by atoms with Gasteiger partial charge in [-0.2, -0.15) is 4.80 Å². The number of carbonyl (C=O) groups excluding carboxylic acids is 1. The van der Waals surface area contributed by atoms with Crippen LogP contribution in [0, 0.1) is 5.82 Å². The first-order valence-electron chi connectivity index (χ1n) is 7.95. The van der Waals surface area contributed by atoms with Crippen molar-refractivity contribution in [1.29, 1.82) is 0 Å². The Balaban J connectivity index is 1.48. The molecule has 8 nitrogen and oxygen atoms in total. The van der Waals surface area contributed by atoms with Gasteiger partial charge in [0.05, 0.1) is 18.1 Å². The normalized spacial score (nSPS) is 16.8. The molecule has 25 heavy (non-hydrogen) atoms. The largest absolute Gasteiger partial charge is 0.341 e. The summed E-state index contributed by atoms with van der Waals surface area (Å²) in [6.07, 6.45) is 0.828. The first-order chi connectivity index (χ1) is 11.9. The number of halogens is 1. The number of hydrogen-bond donors (Lipinski definition) is 0. The molecule has 1 amide bonds. The van der Waals surface area contributed by atoms with Crippen molar-refractivity contribution >= 4 is 15.7 Å². The van der Waals surface area contributed by atoms with Crippen LogP contribution < -0.4 is 0 Å². The highest BCUT2D eigenvalue weighted by molar-refractivity contribution is 7.91. The van der Waals surface area contributed by atoms with Crippen LogP contribution in [0.4, 0.5) is 4.39 Å². The Morgan fingerprint density at radius 1 is 1.16 bits per heavy atom. The molecule has 0 radical (unpaired) electrons. The summed E-state index contributed by atoms with van der Waals surface area (Å²) < 4.78 is 35.7. The van der Waals surface area contributed by atoms with Gasteiger partial charge in [0.1, 0.15) is 5.82 Å². The molecule has 0 N–H and O–H groups in total. The maximum absolute atomic E-state index is 12.9. The SMILES string of the molecule is O=C(CCCn1nnc(-c2ccc(F)cc2)n1)N1CCS(=O)(=O)CC1. The van der Waals surface area contributed by atoms with Crippen molar-refractivity contribution in [1.82, 2.24) is 25.1 Å². The second kappa shape index (κ2) is 7.26. The standard InChI is InChI=1S/C15H18FN5O3S/c16-13-5-3-12(4-6-13)15-17-19-21(18-15)7-1-2-14(22)20-8-10-25(23,24)11-9-20/h3-6H,1-2,7-11H2. The quantitative estimate of drug-likeness (QED) is 0.764. The van der Waals surface area contributed by atoms with E-state index in [-0.39, 0.29) is 36.3 Å². The van der Waals surface area contributed by atoms with E-state index < -0.39 is 9.84 Å². The number of rotatable bonds is 5. The summed E-state index contributed by atoms with van der Waals surface area (Å²) in [6, 6.07) is 5.80. The maximum atomic E-state index is 12.9. The Hall–Kier alpha value is -2.36. The highest BCUT2D eigenvalue weighted by atomic mass is 32.2. The van der Waals surface area contributed by atoms with Gasteiger partial charge >= 0.3 is 0 Å². The summed E-state index contributed by atoms with van der Waals surface area (Å²) in [5.41, 5.74) is 0.665. The van der Waals surface area contributed by atoms with E-state index in [1.54, 1.807) is 17.0 Å². The Kier molecular flexibility index (Phi) is 5.07. The van der Waals surface area contributed by atoms with Crippen LogP contribution >= 0.6 is 0 Å². The van der Waals surface area contributed by atoms with Gasteiger partial charge in [0.2, 0.25) is 11.7 Å². The summed E-state index contributed by atoms with van der Waals surface area (Å²) in [5, 5.41) is 12.0. The fraction of sp³-hybridized carbons (Fsp3) is 0.467. The number of tetrazole rings is 1. The van der Waals surface area contributed by atoms with Crippen LogP contribution in [0.3, 0.4) is 0 Å². The molecule has 1 aromatic carbocycles. The molecule has 2 aromatic rings. The summed E-state index contributed by atoms with van der Waals surface area (Å²) in [4.78, 5) is 15.1. The van der Waals surface area contributed by atoms with Gasteiger partial charge in [-0.3, -0.25) is 4.79 Å². The fourth-order valence-corrected chi connectivity index (χ4v) is 3.75. The molecule has 0 aliphatic carbocycles. The first-order valence-corrected chi connectivity index (χ1v) is 9.77. The summed E-state index contributed by atoms with van der Waals surface area (Å²) in [7, 11) is -2.99. The lowest BCUT2D eigenvalue weighted by atomic mass is 10.2. The van der Waals surface area contributed by atoms with Crippen molar-refractivity contribution in [2.45, 2.75) is 19.4 Å². The monoisotopic (exact) mass is 367 g/mol. The first kappa shape index (κ1) is 17.5. The molecule has 1 aliphatic heterocycles. The van der Waals surface area contributed by atoms with E-state index in [9.17, 15) is 17.6 Å². The smallest absolute Gasteiger partial charge is 0.222 e. The lowest BCUT2D eigenvalue weighted by Crippen LogP contribution is -2.43. The molecule has 134 valence electrons. The molecule has 1 fully saturated rings. The van der Waals surface area contributed by atoms with E-state index in [2.05, 4.69) is 15.4 Å². The molecular formula is C15H18FN5O3S. The van der Waals surface area contributed by atoms with E-state index in [0.717, 1.165) is 0 Å². The number of nitrogens with zero attached hydrogens (tertiary/aromatic N) is 5. The van der Waals surface area contributed by atoms with Gasteiger partial charge < -0.3 is 4.90 Å². The van der Waals surface area contributed by atoms with E-state index in [4.69, 9.17) is 0 Å².